The Labute approximate surface area is 136 Å². The van der Waals surface area contributed by atoms with Crippen molar-refractivity contribution < 1.29 is 19.1 Å². The van der Waals surface area contributed by atoms with Crippen molar-refractivity contribution in [1.82, 2.24) is 0 Å². The van der Waals surface area contributed by atoms with Crippen LogP contribution in [0, 0.1) is 0 Å². The summed E-state index contributed by atoms with van der Waals surface area (Å²) in [7, 11) is 0. The smallest absolute Gasteiger partial charge is 0.325 e. The van der Waals surface area contributed by atoms with Gasteiger partial charge in [-0.15, -0.1) is 0 Å². The van der Waals surface area contributed by atoms with E-state index in [9.17, 15) is 14.4 Å². The van der Waals surface area contributed by atoms with Crippen LogP contribution in [0.15, 0.2) is 24.3 Å². The summed E-state index contributed by atoms with van der Waals surface area (Å²) in [5.74, 6) is -0.489. The molecule has 0 aromatic heterocycles. The van der Waals surface area contributed by atoms with Crippen LogP contribution in [-0.4, -0.2) is 30.2 Å². The van der Waals surface area contributed by atoms with Crippen LogP contribution in [0.25, 0.3) is 6.08 Å². The van der Waals surface area contributed by atoms with Crippen LogP contribution in [-0.2, 0) is 14.3 Å². The summed E-state index contributed by atoms with van der Waals surface area (Å²) in [6, 6.07) is 5.19. The summed E-state index contributed by atoms with van der Waals surface area (Å²) in [5.41, 5.74) is 1.03. The lowest BCUT2D eigenvalue weighted by atomic mass is 9.99. The van der Waals surface area contributed by atoms with Crippen molar-refractivity contribution in [2.24, 2.45) is 0 Å². The second-order valence-corrected chi connectivity index (χ2v) is 5.94. The Balaban J connectivity index is 3.01. The number of hydrogen-bond donors (Lipinski definition) is 1. The van der Waals surface area contributed by atoms with Crippen LogP contribution in [0.2, 0.25) is 0 Å². The van der Waals surface area contributed by atoms with Crippen LogP contribution in [0.3, 0.4) is 0 Å². The normalized spacial score (nSPS) is 11.3. The Morgan fingerprint density at radius 3 is 2.57 bits per heavy atom. The Bertz CT molecular complexity index is 612. The Kier molecular flexibility index (Phi) is 6.69. The Morgan fingerprint density at radius 1 is 1.30 bits per heavy atom. The fourth-order valence-corrected chi connectivity index (χ4v) is 2.01. The summed E-state index contributed by atoms with van der Waals surface area (Å²) in [6.45, 7) is 7.08. The molecule has 0 unspecified atom stereocenters. The summed E-state index contributed by atoms with van der Waals surface area (Å²) in [6.07, 6.45) is 4.71. The number of carbonyl (C=O) groups excluding carboxylic acids is 3. The van der Waals surface area contributed by atoms with Crippen LogP contribution in [0.5, 0.6) is 0 Å². The van der Waals surface area contributed by atoms with E-state index >= 15 is 0 Å². The third-order valence-corrected chi connectivity index (χ3v) is 2.87. The van der Waals surface area contributed by atoms with E-state index in [2.05, 4.69) is 5.32 Å². The van der Waals surface area contributed by atoms with Gasteiger partial charge in [-0.3, -0.25) is 14.4 Å². The molecule has 0 saturated heterocycles. The lowest BCUT2D eigenvalue weighted by molar-refractivity contribution is -0.152. The first-order valence-electron chi connectivity index (χ1n) is 7.44. The first kappa shape index (κ1) is 18.6. The number of carbonyl (C=O) groups is 2. The van der Waals surface area contributed by atoms with Gasteiger partial charge < -0.3 is 10.1 Å². The van der Waals surface area contributed by atoms with E-state index in [1.807, 2.05) is 0 Å². The van der Waals surface area contributed by atoms with Crippen molar-refractivity contribution >= 4 is 29.8 Å². The molecule has 0 saturated carbocycles. The van der Waals surface area contributed by atoms with Gasteiger partial charge >= 0.3 is 5.97 Å². The third-order valence-electron chi connectivity index (χ3n) is 2.87. The van der Waals surface area contributed by atoms with Gasteiger partial charge in [-0.2, -0.15) is 0 Å². The van der Waals surface area contributed by atoms with Gasteiger partial charge in [-0.1, -0.05) is 25.1 Å². The molecule has 0 aliphatic rings. The van der Waals surface area contributed by atoms with Gasteiger partial charge in [0.2, 0.25) is 6.29 Å². The molecule has 0 atom stereocenters. The van der Waals surface area contributed by atoms with Crippen molar-refractivity contribution in [3.63, 3.8) is 0 Å². The molecule has 0 aliphatic heterocycles. The third kappa shape index (κ3) is 6.06. The number of ketones is 1. The van der Waals surface area contributed by atoms with E-state index in [0.29, 0.717) is 23.2 Å². The maximum absolute atomic E-state index is 12.2. The number of Topliss-reactive ketones (excluding diaryl/α,β-unsaturated/α-hetero) is 1. The fraction of sp³-hybridized carbons (Fsp3) is 0.389. The molecular weight excluding hydrogens is 294 g/mol. The number of nitrogens with one attached hydrogen (secondary N) is 1. The molecule has 0 amide bonds. The molecule has 23 heavy (non-hydrogen) atoms. The predicted octanol–water partition coefficient (Wildman–Crippen LogP) is 3.16. The summed E-state index contributed by atoms with van der Waals surface area (Å²) in [4.78, 5) is 34.4. The van der Waals surface area contributed by atoms with E-state index in [1.165, 1.54) is 12.2 Å². The van der Waals surface area contributed by atoms with E-state index in [1.54, 1.807) is 52.2 Å². The molecule has 1 radical (unpaired) electrons. The van der Waals surface area contributed by atoms with Gasteiger partial charge in [0.1, 0.15) is 12.1 Å². The quantitative estimate of drug-likeness (QED) is 0.475. The molecule has 1 N–H and O–H groups in total. The standard InChI is InChI=1S/C18H22NO4/c1-5-15(21)17-13(9-7-11-20)8-6-10-14(17)19-12-16(22)23-18(2,3)4/h6-10,19H,5,12H2,1-4H3/b9-7+. The minimum absolute atomic E-state index is 0.0474. The fourth-order valence-electron chi connectivity index (χ4n) is 2.01. The highest BCUT2D eigenvalue weighted by Gasteiger charge is 2.18. The molecule has 1 aromatic rings. The number of ether oxygens (including phenoxy) is 1. The lowest BCUT2D eigenvalue weighted by Crippen LogP contribution is -2.28. The number of benzene rings is 1. The van der Waals surface area contributed by atoms with Gasteiger partial charge in [0.25, 0.3) is 0 Å². The van der Waals surface area contributed by atoms with Gasteiger partial charge in [-0.25, -0.2) is 0 Å². The molecule has 0 spiro atoms. The average Bonchev–Trinajstić information content (AvgIpc) is 2.48. The molecule has 5 nitrogen and oxygen atoms in total. The molecule has 0 aliphatic carbocycles. The number of hydrogen-bond acceptors (Lipinski definition) is 5. The average molecular weight is 316 g/mol. The lowest BCUT2D eigenvalue weighted by Gasteiger charge is -2.20. The van der Waals surface area contributed by atoms with Crippen LogP contribution < -0.4 is 5.32 Å². The van der Waals surface area contributed by atoms with Gasteiger partial charge in [0.15, 0.2) is 5.78 Å². The summed E-state index contributed by atoms with van der Waals surface area (Å²) >= 11 is 0. The van der Waals surface area contributed by atoms with E-state index < -0.39 is 11.6 Å². The summed E-state index contributed by atoms with van der Waals surface area (Å²) in [5, 5.41) is 2.94. The molecule has 5 heteroatoms. The van der Waals surface area contributed by atoms with Crippen LogP contribution in [0.4, 0.5) is 5.69 Å². The second kappa shape index (κ2) is 8.27. The number of anilines is 1. The van der Waals surface area contributed by atoms with Crippen molar-refractivity contribution in [2.45, 2.75) is 39.7 Å². The number of rotatable bonds is 7. The maximum atomic E-state index is 12.2. The Morgan fingerprint density at radius 2 is 2.00 bits per heavy atom. The van der Waals surface area contributed by atoms with Gasteiger partial charge in [0, 0.05) is 17.7 Å². The zero-order valence-electron chi connectivity index (χ0n) is 13.9. The first-order chi connectivity index (χ1) is 10.8. The maximum Gasteiger partial charge on any atom is 0.325 e. The van der Waals surface area contributed by atoms with Crippen molar-refractivity contribution in [2.75, 3.05) is 11.9 Å². The van der Waals surface area contributed by atoms with E-state index in [0.717, 1.165) is 0 Å². The highest BCUT2D eigenvalue weighted by atomic mass is 16.6. The van der Waals surface area contributed by atoms with Gasteiger partial charge in [0.05, 0.1) is 0 Å². The highest BCUT2D eigenvalue weighted by Crippen LogP contribution is 2.23. The largest absolute Gasteiger partial charge is 0.459 e. The minimum Gasteiger partial charge on any atom is -0.459 e. The second-order valence-electron chi connectivity index (χ2n) is 5.94. The minimum atomic E-state index is -0.564. The predicted molar refractivity (Wildman–Crippen MR) is 90.1 cm³/mol. The summed E-state index contributed by atoms with van der Waals surface area (Å²) < 4.78 is 5.23. The van der Waals surface area contributed by atoms with Crippen LogP contribution >= 0.6 is 0 Å². The zero-order valence-corrected chi connectivity index (χ0v) is 13.9. The van der Waals surface area contributed by atoms with Crippen molar-refractivity contribution in [1.29, 1.82) is 0 Å². The van der Waals surface area contributed by atoms with Gasteiger partial charge in [-0.05, 0) is 38.5 Å². The van der Waals surface area contributed by atoms with Crippen molar-refractivity contribution in [3.05, 3.63) is 35.4 Å². The van der Waals surface area contributed by atoms with E-state index in [-0.39, 0.29) is 12.3 Å². The molecule has 123 valence electrons. The molecule has 1 aromatic carbocycles. The Hall–Kier alpha value is -2.43. The monoisotopic (exact) mass is 316 g/mol. The van der Waals surface area contributed by atoms with Crippen molar-refractivity contribution in [3.8, 4) is 0 Å². The zero-order chi connectivity index (χ0) is 17.5. The molecule has 1 rings (SSSR count). The van der Waals surface area contributed by atoms with Crippen LogP contribution in [0.1, 0.15) is 50.0 Å². The number of allylic oxidation sites excluding steroid dienone is 1. The topological polar surface area (TPSA) is 72.5 Å². The molecule has 0 fully saturated rings. The first-order valence-corrected chi connectivity index (χ1v) is 7.44. The molecule has 0 heterocycles. The highest BCUT2D eigenvalue weighted by molar-refractivity contribution is 6.05. The van der Waals surface area contributed by atoms with E-state index in [4.69, 9.17) is 4.74 Å². The molecular formula is C18H22NO4. The number of esters is 1. The molecule has 0 bridgehead atoms. The SMILES string of the molecule is CCC(=O)c1c(/C=C/[C]=O)cccc1NCC(=O)OC(C)(C)C.